The highest BCUT2D eigenvalue weighted by Gasteiger charge is 2.15. The van der Waals surface area contributed by atoms with Gasteiger partial charge in [0.05, 0.1) is 14.2 Å². The summed E-state index contributed by atoms with van der Waals surface area (Å²) in [5.74, 6) is -0.222. The first-order chi connectivity index (χ1) is 8.08. The van der Waals surface area contributed by atoms with Crippen LogP contribution in [0.15, 0.2) is 34.1 Å². The fraction of sp³-hybridized carbons (Fsp3) is 0.167. The van der Waals surface area contributed by atoms with Gasteiger partial charge in [0, 0.05) is 4.88 Å². The molecule has 0 radical (unpaired) electrons. The van der Waals surface area contributed by atoms with Gasteiger partial charge in [-0.3, -0.25) is 0 Å². The van der Waals surface area contributed by atoms with E-state index in [2.05, 4.69) is 15.9 Å². The lowest BCUT2D eigenvalue weighted by Gasteiger charge is -2.07. The van der Waals surface area contributed by atoms with Crippen LogP contribution in [0.1, 0.15) is 15.8 Å². The van der Waals surface area contributed by atoms with Gasteiger partial charge in [0.15, 0.2) is 0 Å². The Labute approximate surface area is 121 Å². The van der Waals surface area contributed by atoms with Crippen molar-refractivity contribution in [2.75, 3.05) is 0 Å². The van der Waals surface area contributed by atoms with Gasteiger partial charge in [-0.25, -0.2) is 4.39 Å². The molecule has 0 bridgehead atoms. The summed E-state index contributed by atoms with van der Waals surface area (Å²) >= 11 is 17.0. The Hall–Kier alpha value is -0.0900. The van der Waals surface area contributed by atoms with E-state index in [1.165, 1.54) is 17.4 Å². The van der Waals surface area contributed by atoms with Gasteiger partial charge in [-0.05, 0) is 40.0 Å². The molecule has 0 nitrogen and oxygen atoms in total. The first-order valence-corrected chi connectivity index (χ1v) is 7.32. The predicted molar refractivity (Wildman–Crippen MR) is 75.7 cm³/mol. The molecule has 2 rings (SSSR count). The lowest BCUT2D eigenvalue weighted by Crippen LogP contribution is -1.96. The molecular formula is C12H8BrCl2FS. The van der Waals surface area contributed by atoms with Gasteiger partial charge in [0.2, 0.25) is 0 Å². The Morgan fingerprint density at radius 3 is 2.65 bits per heavy atom. The van der Waals surface area contributed by atoms with Gasteiger partial charge in [0.25, 0.3) is 0 Å². The Morgan fingerprint density at radius 1 is 1.35 bits per heavy atom. The third-order valence-electron chi connectivity index (χ3n) is 2.33. The van der Waals surface area contributed by atoms with E-state index in [-0.39, 0.29) is 11.2 Å². The molecule has 0 aliphatic carbocycles. The quantitative estimate of drug-likeness (QED) is 0.609. The van der Waals surface area contributed by atoms with Gasteiger partial charge in [-0.2, -0.15) is 0 Å². The lowest BCUT2D eigenvalue weighted by atomic mass is 10.1. The molecule has 0 saturated carbocycles. The van der Waals surface area contributed by atoms with E-state index in [4.69, 9.17) is 23.2 Å². The molecule has 0 aliphatic heterocycles. The molecule has 0 spiro atoms. The number of alkyl halides is 1. The smallest absolute Gasteiger partial charge is 0.126 e. The topological polar surface area (TPSA) is 0 Å². The number of thiophene rings is 1. The normalized spacial score (nSPS) is 12.7. The van der Waals surface area contributed by atoms with Crippen molar-refractivity contribution in [1.29, 1.82) is 0 Å². The molecule has 90 valence electrons. The molecule has 2 aromatic rings. The fourth-order valence-electron chi connectivity index (χ4n) is 1.48. The standard InChI is InChI=1S/C12H8BrCl2FS/c13-12-9(15)6-11(17-12)8(14)5-7-3-1-2-4-10(7)16/h1-4,6,8H,5H2. The maximum Gasteiger partial charge on any atom is 0.126 e. The summed E-state index contributed by atoms with van der Waals surface area (Å²) in [6, 6.07) is 8.47. The second-order valence-corrected chi connectivity index (χ2v) is 6.87. The van der Waals surface area contributed by atoms with Gasteiger partial charge in [-0.15, -0.1) is 22.9 Å². The minimum Gasteiger partial charge on any atom is -0.207 e. The van der Waals surface area contributed by atoms with Crippen LogP contribution in [-0.4, -0.2) is 0 Å². The Kier molecular flexibility index (Phi) is 4.47. The number of rotatable bonds is 3. The zero-order valence-electron chi connectivity index (χ0n) is 8.59. The monoisotopic (exact) mass is 352 g/mol. The van der Waals surface area contributed by atoms with E-state index in [0.717, 1.165) is 8.66 Å². The highest BCUT2D eigenvalue weighted by Crippen LogP contribution is 2.38. The predicted octanol–water partition coefficient (Wildman–Crippen LogP) is 5.83. The van der Waals surface area contributed by atoms with E-state index >= 15 is 0 Å². The van der Waals surface area contributed by atoms with E-state index < -0.39 is 0 Å². The summed E-state index contributed by atoms with van der Waals surface area (Å²) in [4.78, 5) is 0.937. The third kappa shape index (κ3) is 3.22. The SMILES string of the molecule is Fc1ccccc1CC(Cl)c1cc(Cl)c(Br)s1. The number of hydrogen-bond donors (Lipinski definition) is 0. The summed E-state index contributed by atoms with van der Waals surface area (Å²) in [6.07, 6.45) is 0.456. The van der Waals surface area contributed by atoms with Crippen molar-refractivity contribution >= 4 is 50.5 Å². The zero-order chi connectivity index (χ0) is 12.4. The van der Waals surface area contributed by atoms with Gasteiger partial charge in [-0.1, -0.05) is 29.8 Å². The Balaban J connectivity index is 2.17. The van der Waals surface area contributed by atoms with Crippen LogP contribution in [0, 0.1) is 5.82 Å². The highest BCUT2D eigenvalue weighted by atomic mass is 79.9. The Morgan fingerprint density at radius 2 is 2.06 bits per heavy atom. The summed E-state index contributed by atoms with van der Waals surface area (Å²) in [5, 5.41) is 0.380. The molecule has 1 heterocycles. The summed E-state index contributed by atoms with van der Waals surface area (Å²) < 4.78 is 14.3. The summed E-state index contributed by atoms with van der Waals surface area (Å²) in [5.41, 5.74) is 0.619. The zero-order valence-corrected chi connectivity index (χ0v) is 12.5. The average Bonchev–Trinajstić information content (AvgIpc) is 2.63. The lowest BCUT2D eigenvalue weighted by molar-refractivity contribution is 0.608. The van der Waals surface area contributed by atoms with Gasteiger partial charge < -0.3 is 0 Å². The first-order valence-electron chi connectivity index (χ1n) is 4.90. The van der Waals surface area contributed by atoms with Crippen LogP contribution in [-0.2, 0) is 6.42 Å². The van der Waals surface area contributed by atoms with Crippen molar-refractivity contribution in [2.24, 2.45) is 0 Å². The maximum atomic E-state index is 13.5. The average molecular weight is 354 g/mol. The van der Waals surface area contributed by atoms with Crippen molar-refractivity contribution < 1.29 is 4.39 Å². The van der Waals surface area contributed by atoms with Gasteiger partial charge in [0.1, 0.15) is 5.82 Å². The summed E-state index contributed by atoms with van der Waals surface area (Å²) in [7, 11) is 0. The molecule has 5 heteroatoms. The minimum atomic E-state index is -0.263. The van der Waals surface area contributed by atoms with Gasteiger partial charge >= 0.3 is 0 Å². The van der Waals surface area contributed by atoms with Crippen molar-refractivity contribution in [1.82, 2.24) is 0 Å². The van der Waals surface area contributed by atoms with Crippen molar-refractivity contribution in [3.05, 3.63) is 55.4 Å². The summed E-state index contributed by atoms with van der Waals surface area (Å²) in [6.45, 7) is 0. The van der Waals surface area contributed by atoms with E-state index in [1.807, 2.05) is 6.07 Å². The fourth-order valence-corrected chi connectivity index (χ4v) is 3.56. The molecule has 0 saturated heterocycles. The van der Waals surface area contributed by atoms with Crippen molar-refractivity contribution in [2.45, 2.75) is 11.8 Å². The maximum absolute atomic E-state index is 13.5. The Bertz CT molecular complexity index is 507. The van der Waals surface area contributed by atoms with Crippen LogP contribution in [0.25, 0.3) is 0 Å². The van der Waals surface area contributed by atoms with E-state index in [0.29, 0.717) is 17.0 Å². The molecule has 0 amide bonds. The second kappa shape index (κ2) is 5.70. The number of halogens is 4. The van der Waals surface area contributed by atoms with Crippen molar-refractivity contribution in [3.8, 4) is 0 Å². The molecule has 0 aliphatic rings. The largest absolute Gasteiger partial charge is 0.207 e. The van der Waals surface area contributed by atoms with Crippen molar-refractivity contribution in [3.63, 3.8) is 0 Å². The van der Waals surface area contributed by atoms with Crippen LogP contribution in [0.3, 0.4) is 0 Å². The number of benzene rings is 1. The second-order valence-electron chi connectivity index (χ2n) is 3.53. The third-order valence-corrected chi connectivity index (χ3v) is 5.44. The molecule has 1 unspecified atom stereocenters. The molecule has 0 N–H and O–H groups in total. The molecule has 1 aromatic carbocycles. The molecule has 17 heavy (non-hydrogen) atoms. The number of hydrogen-bond acceptors (Lipinski definition) is 1. The van der Waals surface area contributed by atoms with Crippen LogP contribution in [0.5, 0.6) is 0 Å². The molecule has 0 fully saturated rings. The van der Waals surface area contributed by atoms with Crippen LogP contribution in [0.2, 0.25) is 5.02 Å². The minimum absolute atomic E-state index is 0.222. The highest BCUT2D eigenvalue weighted by molar-refractivity contribution is 9.11. The molecule has 1 aromatic heterocycles. The first kappa shape index (κ1) is 13.3. The molecule has 1 atom stereocenters. The van der Waals surface area contributed by atoms with Crippen LogP contribution < -0.4 is 0 Å². The van der Waals surface area contributed by atoms with Crippen LogP contribution >= 0.6 is 50.5 Å². The van der Waals surface area contributed by atoms with E-state index in [9.17, 15) is 4.39 Å². The van der Waals surface area contributed by atoms with Crippen LogP contribution in [0.4, 0.5) is 4.39 Å². The van der Waals surface area contributed by atoms with E-state index in [1.54, 1.807) is 18.2 Å². The molecular weight excluding hydrogens is 346 g/mol.